The molecular weight excluding hydrogens is 294 g/mol. The summed E-state index contributed by atoms with van der Waals surface area (Å²) in [5, 5.41) is 8.67. The largest absolute Gasteiger partial charge is 0.481 e. The van der Waals surface area contributed by atoms with Crippen molar-refractivity contribution >= 4 is 11.9 Å². The summed E-state index contributed by atoms with van der Waals surface area (Å²) in [5.41, 5.74) is 7.39. The van der Waals surface area contributed by atoms with Crippen LogP contribution >= 0.6 is 0 Å². The van der Waals surface area contributed by atoms with Crippen LogP contribution in [0.5, 0.6) is 0 Å². The fourth-order valence-corrected chi connectivity index (χ4v) is 2.18. The number of hydrogen-bond donors (Lipinski definition) is 2. The standard InChI is InChI=1S/C18H19NO4/c19-15(11-12-16(20)21)18(22)23-17(13-7-3-1-4-8-13)14-9-5-2-6-10-14/h1-10,15,17H,11-12,19H2,(H,20,21)/t15-/m0/s1. The summed E-state index contributed by atoms with van der Waals surface area (Å²) < 4.78 is 5.56. The highest BCUT2D eigenvalue weighted by molar-refractivity contribution is 5.77. The van der Waals surface area contributed by atoms with Crippen LogP contribution in [0.3, 0.4) is 0 Å². The SMILES string of the molecule is N[C@@H](CCC(=O)O)C(=O)OC(c1ccccc1)c1ccccc1. The fraction of sp³-hybridized carbons (Fsp3) is 0.222. The van der Waals surface area contributed by atoms with Gasteiger partial charge in [0.2, 0.25) is 0 Å². The van der Waals surface area contributed by atoms with Crippen molar-refractivity contribution in [3.8, 4) is 0 Å². The number of carbonyl (C=O) groups excluding carboxylic acids is 1. The smallest absolute Gasteiger partial charge is 0.323 e. The van der Waals surface area contributed by atoms with Gasteiger partial charge in [-0.25, -0.2) is 0 Å². The first-order valence-corrected chi connectivity index (χ1v) is 7.35. The zero-order chi connectivity index (χ0) is 16.7. The van der Waals surface area contributed by atoms with Gasteiger partial charge in [0, 0.05) is 6.42 Å². The highest BCUT2D eigenvalue weighted by Gasteiger charge is 2.23. The number of ether oxygens (including phenoxy) is 1. The Bertz CT molecular complexity index is 603. The normalized spacial score (nSPS) is 11.9. The lowest BCUT2D eigenvalue weighted by atomic mass is 10.0. The van der Waals surface area contributed by atoms with Crippen LogP contribution in [-0.2, 0) is 14.3 Å². The van der Waals surface area contributed by atoms with E-state index in [-0.39, 0.29) is 12.8 Å². The second kappa shape index (κ2) is 8.10. The van der Waals surface area contributed by atoms with Crippen molar-refractivity contribution < 1.29 is 19.4 Å². The molecule has 0 aliphatic carbocycles. The number of carboxylic acids is 1. The molecule has 0 aromatic heterocycles. The summed E-state index contributed by atoms with van der Waals surface area (Å²) in [6.07, 6.45) is -0.692. The molecule has 0 saturated heterocycles. The second-order valence-electron chi connectivity index (χ2n) is 5.18. The molecule has 0 fully saturated rings. The van der Waals surface area contributed by atoms with Gasteiger partial charge in [0.05, 0.1) is 0 Å². The van der Waals surface area contributed by atoms with Crippen LogP contribution in [0.1, 0.15) is 30.1 Å². The maximum atomic E-state index is 12.2. The van der Waals surface area contributed by atoms with Gasteiger partial charge < -0.3 is 15.6 Å². The van der Waals surface area contributed by atoms with Crippen LogP contribution in [0.25, 0.3) is 0 Å². The first-order valence-electron chi connectivity index (χ1n) is 7.35. The molecule has 5 heteroatoms. The Balaban J connectivity index is 2.15. The number of hydrogen-bond acceptors (Lipinski definition) is 4. The lowest BCUT2D eigenvalue weighted by Crippen LogP contribution is -2.34. The molecule has 3 N–H and O–H groups in total. The zero-order valence-electron chi connectivity index (χ0n) is 12.6. The highest BCUT2D eigenvalue weighted by Crippen LogP contribution is 2.26. The summed E-state index contributed by atoms with van der Waals surface area (Å²) in [4.78, 5) is 22.8. The number of carbonyl (C=O) groups is 2. The van der Waals surface area contributed by atoms with Gasteiger partial charge in [-0.1, -0.05) is 60.7 Å². The van der Waals surface area contributed by atoms with Gasteiger partial charge in [0.25, 0.3) is 0 Å². The number of aliphatic carboxylic acids is 1. The molecule has 0 heterocycles. The van der Waals surface area contributed by atoms with Crippen molar-refractivity contribution in [1.82, 2.24) is 0 Å². The number of carboxylic acid groups (broad SMARTS) is 1. The molecule has 0 aliphatic heterocycles. The van der Waals surface area contributed by atoms with Gasteiger partial charge in [-0.15, -0.1) is 0 Å². The van der Waals surface area contributed by atoms with Gasteiger partial charge >= 0.3 is 11.9 Å². The number of nitrogens with two attached hydrogens (primary N) is 1. The molecule has 1 atom stereocenters. The average molecular weight is 313 g/mol. The van der Waals surface area contributed by atoms with E-state index in [4.69, 9.17) is 15.6 Å². The maximum absolute atomic E-state index is 12.2. The molecule has 0 spiro atoms. The van der Waals surface area contributed by atoms with Gasteiger partial charge in [-0.2, -0.15) is 0 Å². The Morgan fingerprint density at radius 1 is 0.957 bits per heavy atom. The highest BCUT2D eigenvalue weighted by atomic mass is 16.5. The van der Waals surface area contributed by atoms with Gasteiger partial charge in [0.1, 0.15) is 6.04 Å². The van der Waals surface area contributed by atoms with E-state index in [0.717, 1.165) is 11.1 Å². The van der Waals surface area contributed by atoms with Gasteiger partial charge in [-0.3, -0.25) is 9.59 Å². The van der Waals surface area contributed by atoms with E-state index in [0.29, 0.717) is 0 Å². The molecule has 2 aromatic rings. The number of benzene rings is 2. The van der Waals surface area contributed by atoms with E-state index in [1.807, 2.05) is 60.7 Å². The quantitative estimate of drug-likeness (QED) is 0.767. The van der Waals surface area contributed by atoms with Crippen molar-refractivity contribution in [2.24, 2.45) is 5.73 Å². The van der Waals surface area contributed by atoms with Crippen molar-refractivity contribution in [3.63, 3.8) is 0 Å². The molecule has 5 nitrogen and oxygen atoms in total. The van der Waals surface area contributed by atoms with Crippen LogP contribution < -0.4 is 5.73 Å². The Morgan fingerprint density at radius 3 is 1.87 bits per heavy atom. The minimum atomic E-state index is -0.990. The van der Waals surface area contributed by atoms with Crippen LogP contribution in [0.2, 0.25) is 0 Å². The average Bonchev–Trinajstić information content (AvgIpc) is 2.58. The Kier molecular flexibility index (Phi) is 5.88. The van der Waals surface area contributed by atoms with E-state index in [2.05, 4.69) is 0 Å². The third kappa shape index (κ3) is 4.93. The third-order valence-corrected chi connectivity index (χ3v) is 3.41. The first kappa shape index (κ1) is 16.7. The van der Waals surface area contributed by atoms with E-state index in [1.54, 1.807) is 0 Å². The number of rotatable bonds is 7. The summed E-state index contributed by atoms with van der Waals surface area (Å²) in [5.74, 6) is -1.60. The minimum Gasteiger partial charge on any atom is -0.481 e. The molecule has 0 radical (unpaired) electrons. The van der Waals surface area contributed by atoms with Crippen LogP contribution in [0.4, 0.5) is 0 Å². The molecule has 23 heavy (non-hydrogen) atoms. The van der Waals surface area contributed by atoms with Crippen LogP contribution in [-0.4, -0.2) is 23.1 Å². The number of esters is 1. The summed E-state index contributed by atoms with van der Waals surface area (Å²) in [7, 11) is 0. The predicted octanol–water partition coefficient (Wildman–Crippen LogP) is 2.51. The van der Waals surface area contributed by atoms with Crippen molar-refractivity contribution in [3.05, 3.63) is 71.8 Å². The topological polar surface area (TPSA) is 89.6 Å². The third-order valence-electron chi connectivity index (χ3n) is 3.41. The van der Waals surface area contributed by atoms with Crippen LogP contribution in [0.15, 0.2) is 60.7 Å². The molecule has 0 aliphatic rings. The molecule has 120 valence electrons. The molecular formula is C18H19NO4. The van der Waals surface area contributed by atoms with E-state index < -0.39 is 24.1 Å². The predicted molar refractivity (Wildman–Crippen MR) is 85.7 cm³/mol. The molecule has 0 amide bonds. The van der Waals surface area contributed by atoms with E-state index in [9.17, 15) is 9.59 Å². The Morgan fingerprint density at radius 2 is 1.43 bits per heavy atom. The van der Waals surface area contributed by atoms with Crippen molar-refractivity contribution in [2.75, 3.05) is 0 Å². The van der Waals surface area contributed by atoms with Gasteiger partial charge in [0.15, 0.2) is 6.10 Å². The Labute approximate surface area is 134 Å². The second-order valence-corrected chi connectivity index (χ2v) is 5.18. The zero-order valence-corrected chi connectivity index (χ0v) is 12.6. The molecule has 2 rings (SSSR count). The molecule has 0 saturated carbocycles. The van der Waals surface area contributed by atoms with Crippen molar-refractivity contribution in [2.45, 2.75) is 25.0 Å². The summed E-state index contributed by atoms with van der Waals surface area (Å²) in [6.45, 7) is 0. The first-order chi connectivity index (χ1) is 11.1. The molecule has 2 aromatic carbocycles. The Hall–Kier alpha value is -2.66. The summed E-state index contributed by atoms with van der Waals surface area (Å²) >= 11 is 0. The fourth-order valence-electron chi connectivity index (χ4n) is 2.18. The monoisotopic (exact) mass is 313 g/mol. The molecule has 0 unspecified atom stereocenters. The molecule has 0 bridgehead atoms. The lowest BCUT2D eigenvalue weighted by Gasteiger charge is -2.21. The maximum Gasteiger partial charge on any atom is 0.323 e. The van der Waals surface area contributed by atoms with E-state index in [1.165, 1.54) is 0 Å². The summed E-state index contributed by atoms with van der Waals surface area (Å²) in [6, 6.07) is 17.7. The lowest BCUT2D eigenvalue weighted by molar-refractivity contribution is -0.149. The van der Waals surface area contributed by atoms with Crippen molar-refractivity contribution in [1.29, 1.82) is 0 Å². The van der Waals surface area contributed by atoms with Gasteiger partial charge in [-0.05, 0) is 17.5 Å². The van der Waals surface area contributed by atoms with E-state index >= 15 is 0 Å². The minimum absolute atomic E-state index is 0.0461. The van der Waals surface area contributed by atoms with Crippen LogP contribution in [0, 0.1) is 0 Å².